The number of carboxylic acid groups (broad SMARTS) is 2. The summed E-state index contributed by atoms with van der Waals surface area (Å²) < 4.78 is 0. The van der Waals surface area contributed by atoms with Crippen molar-refractivity contribution in [2.45, 2.75) is 25.8 Å². The van der Waals surface area contributed by atoms with E-state index in [1.54, 1.807) is 5.38 Å². The van der Waals surface area contributed by atoms with Gasteiger partial charge in [0.1, 0.15) is 6.04 Å². The molecule has 0 saturated heterocycles. The van der Waals surface area contributed by atoms with Gasteiger partial charge in [-0.2, -0.15) is 0 Å². The van der Waals surface area contributed by atoms with Crippen LogP contribution in [0, 0.1) is 6.92 Å². The van der Waals surface area contributed by atoms with Crippen molar-refractivity contribution in [1.29, 1.82) is 0 Å². The number of aryl methyl sites for hydroxylation is 1. The molecule has 1 atom stereocenters. The highest BCUT2D eigenvalue weighted by molar-refractivity contribution is 7.09. The molecule has 20 heavy (non-hydrogen) atoms. The van der Waals surface area contributed by atoms with Crippen LogP contribution in [0.4, 0.5) is 0 Å². The van der Waals surface area contributed by atoms with Crippen LogP contribution in [0.5, 0.6) is 0 Å². The second-order valence-corrected chi connectivity index (χ2v) is 5.02. The van der Waals surface area contributed by atoms with Crippen molar-refractivity contribution in [2.75, 3.05) is 0 Å². The fraction of sp³-hybridized carbons (Fsp3) is 0.333. The first kappa shape index (κ1) is 15.8. The van der Waals surface area contributed by atoms with E-state index in [4.69, 9.17) is 10.2 Å². The number of hydrogen-bond donors (Lipinski definition) is 3. The topological polar surface area (TPSA) is 117 Å². The summed E-state index contributed by atoms with van der Waals surface area (Å²) in [4.78, 5) is 36.9. The molecule has 0 aliphatic carbocycles. The summed E-state index contributed by atoms with van der Waals surface area (Å²) in [5.74, 6) is -2.98. The summed E-state index contributed by atoms with van der Waals surface area (Å²) in [6.07, 6.45) is 2.15. The SMILES string of the molecule is Cc1nc(/C=C/C(=O)N[C@@H](CCC(=O)O)C(=O)O)cs1. The predicted molar refractivity (Wildman–Crippen MR) is 72.3 cm³/mol. The van der Waals surface area contributed by atoms with Gasteiger partial charge in [-0.05, 0) is 19.4 Å². The number of thiazole rings is 1. The van der Waals surface area contributed by atoms with Crippen LogP contribution in [0.1, 0.15) is 23.5 Å². The molecule has 0 aromatic carbocycles. The number of nitrogens with one attached hydrogen (secondary N) is 1. The van der Waals surface area contributed by atoms with E-state index in [9.17, 15) is 14.4 Å². The zero-order valence-corrected chi connectivity index (χ0v) is 11.5. The largest absolute Gasteiger partial charge is 0.481 e. The molecule has 0 aliphatic heterocycles. The maximum Gasteiger partial charge on any atom is 0.326 e. The molecule has 1 rings (SSSR count). The number of rotatable bonds is 7. The summed E-state index contributed by atoms with van der Waals surface area (Å²) in [6, 6.07) is -1.22. The Labute approximate surface area is 119 Å². The van der Waals surface area contributed by atoms with Crippen LogP contribution < -0.4 is 5.32 Å². The van der Waals surface area contributed by atoms with Gasteiger partial charge in [0.15, 0.2) is 0 Å². The fourth-order valence-electron chi connectivity index (χ4n) is 1.36. The van der Waals surface area contributed by atoms with Gasteiger partial charge in [0.25, 0.3) is 0 Å². The van der Waals surface area contributed by atoms with Crippen molar-refractivity contribution in [3.05, 3.63) is 22.2 Å². The van der Waals surface area contributed by atoms with Gasteiger partial charge in [0, 0.05) is 17.9 Å². The highest BCUT2D eigenvalue weighted by atomic mass is 32.1. The molecular formula is C12H14N2O5S. The van der Waals surface area contributed by atoms with Crippen molar-refractivity contribution in [3.63, 3.8) is 0 Å². The summed E-state index contributed by atoms with van der Waals surface area (Å²) in [6.45, 7) is 1.83. The van der Waals surface area contributed by atoms with Gasteiger partial charge in [-0.1, -0.05) is 0 Å². The molecular weight excluding hydrogens is 284 g/mol. The predicted octanol–water partition coefficient (Wildman–Crippen LogP) is 0.899. The normalized spacial score (nSPS) is 12.2. The summed E-state index contributed by atoms with van der Waals surface area (Å²) in [7, 11) is 0. The molecule has 0 unspecified atom stereocenters. The van der Waals surface area contributed by atoms with Crippen molar-refractivity contribution < 1.29 is 24.6 Å². The van der Waals surface area contributed by atoms with E-state index in [2.05, 4.69) is 10.3 Å². The Morgan fingerprint density at radius 2 is 2.15 bits per heavy atom. The molecule has 0 spiro atoms. The van der Waals surface area contributed by atoms with E-state index in [1.165, 1.54) is 23.5 Å². The Hall–Kier alpha value is -2.22. The monoisotopic (exact) mass is 298 g/mol. The Bertz CT molecular complexity index is 538. The van der Waals surface area contributed by atoms with Crippen molar-refractivity contribution in [1.82, 2.24) is 10.3 Å². The smallest absolute Gasteiger partial charge is 0.326 e. The zero-order valence-electron chi connectivity index (χ0n) is 10.7. The highest BCUT2D eigenvalue weighted by Gasteiger charge is 2.19. The quantitative estimate of drug-likeness (QED) is 0.644. The number of aromatic nitrogens is 1. The lowest BCUT2D eigenvalue weighted by Crippen LogP contribution is -2.40. The second kappa shape index (κ2) is 7.39. The van der Waals surface area contributed by atoms with Gasteiger partial charge in [-0.25, -0.2) is 9.78 Å². The van der Waals surface area contributed by atoms with Gasteiger partial charge < -0.3 is 15.5 Å². The van der Waals surface area contributed by atoms with Gasteiger partial charge in [-0.3, -0.25) is 9.59 Å². The molecule has 0 saturated carbocycles. The van der Waals surface area contributed by atoms with Gasteiger partial charge in [0.2, 0.25) is 5.91 Å². The van der Waals surface area contributed by atoms with Crippen LogP contribution in [-0.2, 0) is 14.4 Å². The van der Waals surface area contributed by atoms with Crippen LogP contribution >= 0.6 is 11.3 Å². The van der Waals surface area contributed by atoms with Gasteiger partial charge in [0.05, 0.1) is 10.7 Å². The molecule has 0 bridgehead atoms. The molecule has 1 aromatic rings. The Morgan fingerprint density at radius 1 is 1.45 bits per heavy atom. The van der Waals surface area contributed by atoms with E-state index in [1.807, 2.05) is 6.92 Å². The second-order valence-electron chi connectivity index (χ2n) is 3.96. The molecule has 0 radical (unpaired) electrons. The van der Waals surface area contributed by atoms with Crippen LogP contribution in [0.3, 0.4) is 0 Å². The average Bonchev–Trinajstić information content (AvgIpc) is 2.77. The molecule has 1 amide bonds. The van der Waals surface area contributed by atoms with Crippen molar-refractivity contribution in [2.24, 2.45) is 0 Å². The third-order valence-corrected chi connectivity index (χ3v) is 3.10. The van der Waals surface area contributed by atoms with E-state index in [0.717, 1.165) is 5.01 Å². The Morgan fingerprint density at radius 3 is 2.65 bits per heavy atom. The van der Waals surface area contributed by atoms with E-state index >= 15 is 0 Å². The maximum atomic E-state index is 11.5. The first-order chi connectivity index (χ1) is 9.38. The molecule has 108 valence electrons. The Kier molecular flexibility index (Phi) is 5.85. The lowest BCUT2D eigenvalue weighted by molar-refractivity contribution is -0.142. The molecule has 0 fully saturated rings. The van der Waals surface area contributed by atoms with E-state index in [0.29, 0.717) is 5.69 Å². The minimum Gasteiger partial charge on any atom is -0.481 e. The number of aliphatic carboxylic acids is 2. The summed E-state index contributed by atoms with van der Waals surface area (Å²) >= 11 is 1.43. The fourth-order valence-corrected chi connectivity index (χ4v) is 1.94. The lowest BCUT2D eigenvalue weighted by Gasteiger charge is -2.11. The maximum absolute atomic E-state index is 11.5. The van der Waals surface area contributed by atoms with Crippen molar-refractivity contribution >= 4 is 35.3 Å². The zero-order chi connectivity index (χ0) is 15.1. The lowest BCUT2D eigenvalue weighted by atomic mass is 10.1. The number of nitrogens with zero attached hydrogens (tertiary/aromatic N) is 1. The average molecular weight is 298 g/mol. The molecule has 1 aromatic heterocycles. The molecule has 1 heterocycles. The van der Waals surface area contributed by atoms with Crippen LogP contribution in [0.15, 0.2) is 11.5 Å². The first-order valence-electron chi connectivity index (χ1n) is 5.74. The van der Waals surface area contributed by atoms with E-state index in [-0.39, 0.29) is 12.8 Å². The number of hydrogen-bond acceptors (Lipinski definition) is 5. The standard InChI is InChI=1S/C12H14N2O5S/c1-7-13-8(6-20-7)2-4-10(15)14-9(12(18)19)3-5-11(16)17/h2,4,6,9H,3,5H2,1H3,(H,14,15)(H,16,17)(H,18,19)/b4-2+/t9-/m0/s1. The summed E-state index contributed by atoms with van der Waals surface area (Å²) in [5.41, 5.74) is 0.611. The minimum absolute atomic E-state index is 0.167. The van der Waals surface area contributed by atoms with Crippen molar-refractivity contribution in [3.8, 4) is 0 Å². The molecule has 8 heteroatoms. The third-order valence-electron chi connectivity index (χ3n) is 2.30. The highest BCUT2D eigenvalue weighted by Crippen LogP contribution is 2.09. The molecule has 7 nitrogen and oxygen atoms in total. The Balaban J connectivity index is 2.55. The minimum atomic E-state index is -1.27. The first-order valence-corrected chi connectivity index (χ1v) is 6.61. The number of amides is 1. The van der Waals surface area contributed by atoms with Gasteiger partial charge in [-0.15, -0.1) is 11.3 Å². The number of carboxylic acids is 2. The van der Waals surface area contributed by atoms with Gasteiger partial charge >= 0.3 is 11.9 Å². The van der Waals surface area contributed by atoms with Crippen LogP contribution in [0.2, 0.25) is 0 Å². The molecule has 0 aliphatic rings. The van der Waals surface area contributed by atoms with Crippen LogP contribution in [-0.4, -0.2) is 39.1 Å². The number of carbonyl (C=O) groups is 3. The summed E-state index contributed by atoms with van der Waals surface area (Å²) in [5, 5.41) is 22.2. The van der Waals surface area contributed by atoms with Crippen LogP contribution in [0.25, 0.3) is 6.08 Å². The third kappa shape index (κ3) is 5.61. The van der Waals surface area contributed by atoms with E-state index < -0.39 is 23.9 Å². The molecule has 3 N–H and O–H groups in total. The number of carbonyl (C=O) groups excluding carboxylic acids is 1.